The Balaban J connectivity index is 2.06. The molecule has 0 bridgehead atoms. The Morgan fingerprint density at radius 2 is 1.86 bits per heavy atom. The molecule has 0 aromatic carbocycles. The lowest BCUT2D eigenvalue weighted by molar-refractivity contribution is 0.386. The van der Waals surface area contributed by atoms with E-state index in [2.05, 4.69) is 29.9 Å². The van der Waals surface area contributed by atoms with Crippen LogP contribution in [0.3, 0.4) is 0 Å². The molecular formula is C10H7N9OS. The van der Waals surface area contributed by atoms with E-state index in [-0.39, 0.29) is 5.82 Å². The summed E-state index contributed by atoms with van der Waals surface area (Å²) in [6, 6.07) is 0. The van der Waals surface area contributed by atoms with E-state index in [4.69, 9.17) is 17.4 Å². The number of aromatic nitrogens is 8. The molecule has 4 heterocycles. The highest BCUT2D eigenvalue weighted by Crippen LogP contribution is 2.18. The van der Waals surface area contributed by atoms with Gasteiger partial charge in [0, 0.05) is 0 Å². The molecule has 0 atom stereocenters. The number of imidazole rings is 2. The number of hydrogen-bond acceptors (Lipinski definition) is 8. The number of rotatable bonds is 2. The second-order valence-electron chi connectivity index (χ2n) is 4.09. The fourth-order valence-corrected chi connectivity index (χ4v) is 2.27. The number of nitrogens with one attached hydrogen (secondary N) is 2. The molecule has 10 nitrogen and oxygen atoms in total. The standard InChI is InChI=1S/C10H7N9OS/c20-17-7-5-8(12-1-11-7)18(3-15-5)19-4-16-6-9(19)13-2-14-10(6)21/h1-4,20H,(H,11,12,17)(H,13,14,21). The van der Waals surface area contributed by atoms with Crippen LogP contribution in [0.5, 0.6) is 0 Å². The van der Waals surface area contributed by atoms with Gasteiger partial charge in [-0.2, -0.15) is 0 Å². The predicted molar refractivity (Wildman–Crippen MR) is 74.2 cm³/mol. The first-order chi connectivity index (χ1) is 10.3. The second kappa shape index (κ2) is 4.29. The first-order valence-corrected chi connectivity index (χ1v) is 6.20. The fourth-order valence-electron chi connectivity index (χ4n) is 2.07. The highest BCUT2D eigenvalue weighted by molar-refractivity contribution is 7.71. The van der Waals surface area contributed by atoms with Crippen LogP contribution in [-0.2, 0) is 0 Å². The first kappa shape index (κ1) is 11.9. The molecule has 4 rings (SSSR count). The fraction of sp³-hybridized carbons (Fsp3) is 0. The molecule has 0 unspecified atom stereocenters. The third-order valence-electron chi connectivity index (χ3n) is 2.99. The lowest BCUT2D eigenvalue weighted by Gasteiger charge is -2.05. The van der Waals surface area contributed by atoms with Crippen molar-refractivity contribution in [3.63, 3.8) is 0 Å². The minimum atomic E-state index is 0.220. The largest absolute Gasteiger partial charge is 0.329 e. The number of fused-ring (bicyclic) bond motifs is 2. The van der Waals surface area contributed by atoms with Crippen molar-refractivity contribution in [3.05, 3.63) is 29.9 Å². The molecule has 4 aromatic heterocycles. The minimum absolute atomic E-state index is 0.220. The maximum atomic E-state index is 9.05. The summed E-state index contributed by atoms with van der Waals surface area (Å²) in [6.07, 6.45) is 5.94. The summed E-state index contributed by atoms with van der Waals surface area (Å²) in [4.78, 5) is 23.4. The lowest BCUT2D eigenvalue weighted by atomic mass is 10.5. The monoisotopic (exact) mass is 301 g/mol. The van der Waals surface area contributed by atoms with Gasteiger partial charge >= 0.3 is 0 Å². The van der Waals surface area contributed by atoms with E-state index >= 15 is 0 Å². The normalized spacial score (nSPS) is 11.3. The van der Waals surface area contributed by atoms with Crippen molar-refractivity contribution >= 4 is 40.4 Å². The highest BCUT2D eigenvalue weighted by Gasteiger charge is 2.13. The van der Waals surface area contributed by atoms with E-state index in [0.717, 1.165) is 0 Å². The predicted octanol–water partition coefficient (Wildman–Crippen LogP) is 0.741. The average molecular weight is 301 g/mol. The maximum Gasteiger partial charge on any atom is 0.185 e. The van der Waals surface area contributed by atoms with Crippen LogP contribution in [0.25, 0.3) is 22.3 Å². The Hall–Kier alpha value is -2.92. The molecule has 0 aliphatic carbocycles. The number of hydrogen-bond donors (Lipinski definition) is 3. The van der Waals surface area contributed by atoms with Gasteiger partial charge in [-0.3, -0.25) is 10.7 Å². The van der Waals surface area contributed by atoms with Gasteiger partial charge in [0.15, 0.2) is 27.3 Å². The van der Waals surface area contributed by atoms with Gasteiger partial charge in [0.1, 0.15) is 24.5 Å². The van der Waals surface area contributed by atoms with E-state index in [1.54, 1.807) is 22.0 Å². The Kier molecular flexibility index (Phi) is 2.43. The number of aromatic amines is 1. The van der Waals surface area contributed by atoms with Crippen molar-refractivity contribution in [1.82, 2.24) is 39.3 Å². The summed E-state index contributed by atoms with van der Waals surface area (Å²) in [5.41, 5.74) is 4.14. The zero-order valence-corrected chi connectivity index (χ0v) is 11.1. The van der Waals surface area contributed by atoms with Crippen LogP contribution in [0.15, 0.2) is 25.3 Å². The van der Waals surface area contributed by atoms with Gasteiger partial charge in [0.05, 0.1) is 6.33 Å². The molecule has 104 valence electrons. The topological polar surface area (TPSA) is 122 Å². The van der Waals surface area contributed by atoms with Crippen LogP contribution in [0.2, 0.25) is 0 Å². The molecule has 0 fully saturated rings. The summed E-state index contributed by atoms with van der Waals surface area (Å²) < 4.78 is 3.74. The van der Waals surface area contributed by atoms with E-state index in [0.29, 0.717) is 27.0 Å². The second-order valence-corrected chi connectivity index (χ2v) is 4.48. The zero-order valence-electron chi connectivity index (χ0n) is 10.3. The molecule has 0 spiro atoms. The first-order valence-electron chi connectivity index (χ1n) is 5.79. The molecule has 0 amide bonds. The van der Waals surface area contributed by atoms with Crippen LogP contribution >= 0.6 is 12.2 Å². The smallest absolute Gasteiger partial charge is 0.185 e. The third kappa shape index (κ3) is 1.61. The third-order valence-corrected chi connectivity index (χ3v) is 3.29. The SMILES string of the molecule is ONc1ncnc2c1ncn2-n1cnc2c(=S)nc[nH]c21. The van der Waals surface area contributed by atoms with Crippen molar-refractivity contribution in [1.29, 1.82) is 0 Å². The summed E-state index contributed by atoms with van der Waals surface area (Å²) in [5.74, 6) is 0.220. The molecule has 0 aliphatic rings. The van der Waals surface area contributed by atoms with Crippen LogP contribution in [0, 0.1) is 4.64 Å². The van der Waals surface area contributed by atoms with Gasteiger partial charge in [-0.05, 0) is 0 Å². The minimum Gasteiger partial charge on any atom is -0.329 e. The molecule has 0 saturated carbocycles. The Bertz CT molecular complexity index is 1020. The van der Waals surface area contributed by atoms with E-state index in [1.807, 2.05) is 5.48 Å². The number of nitrogens with zero attached hydrogens (tertiary/aromatic N) is 7. The number of anilines is 1. The van der Waals surface area contributed by atoms with Gasteiger partial charge in [0.25, 0.3) is 0 Å². The van der Waals surface area contributed by atoms with Crippen LogP contribution < -0.4 is 5.48 Å². The van der Waals surface area contributed by atoms with Gasteiger partial charge in [0.2, 0.25) is 0 Å². The molecule has 21 heavy (non-hydrogen) atoms. The average Bonchev–Trinajstić information content (AvgIpc) is 3.11. The Morgan fingerprint density at radius 3 is 2.71 bits per heavy atom. The summed E-state index contributed by atoms with van der Waals surface area (Å²) in [7, 11) is 0. The van der Waals surface area contributed by atoms with Crippen LogP contribution in [0.1, 0.15) is 0 Å². The molecular weight excluding hydrogens is 294 g/mol. The molecule has 4 aromatic rings. The number of H-pyrrole nitrogens is 1. The van der Waals surface area contributed by atoms with Crippen molar-refractivity contribution in [3.8, 4) is 0 Å². The summed E-state index contributed by atoms with van der Waals surface area (Å²) in [5, 5.41) is 9.05. The van der Waals surface area contributed by atoms with Crippen molar-refractivity contribution in [2.75, 3.05) is 5.48 Å². The van der Waals surface area contributed by atoms with E-state index < -0.39 is 0 Å². The van der Waals surface area contributed by atoms with Crippen molar-refractivity contribution in [2.45, 2.75) is 0 Å². The quantitative estimate of drug-likeness (QED) is 0.366. The molecule has 11 heteroatoms. The van der Waals surface area contributed by atoms with E-state index in [1.165, 1.54) is 12.7 Å². The maximum absolute atomic E-state index is 9.05. The van der Waals surface area contributed by atoms with E-state index in [9.17, 15) is 0 Å². The van der Waals surface area contributed by atoms with Crippen LogP contribution in [-0.4, -0.2) is 44.5 Å². The molecule has 0 saturated heterocycles. The summed E-state index contributed by atoms with van der Waals surface area (Å²) >= 11 is 5.13. The summed E-state index contributed by atoms with van der Waals surface area (Å²) in [6.45, 7) is 0. The lowest BCUT2D eigenvalue weighted by Crippen LogP contribution is -2.08. The van der Waals surface area contributed by atoms with Gasteiger partial charge in [-0.25, -0.2) is 34.3 Å². The Morgan fingerprint density at radius 1 is 1.05 bits per heavy atom. The molecule has 3 N–H and O–H groups in total. The van der Waals surface area contributed by atoms with Crippen LogP contribution in [0.4, 0.5) is 5.82 Å². The molecule has 0 radical (unpaired) electrons. The van der Waals surface area contributed by atoms with Gasteiger partial charge < -0.3 is 4.98 Å². The highest BCUT2D eigenvalue weighted by atomic mass is 32.1. The molecule has 0 aliphatic heterocycles. The van der Waals surface area contributed by atoms with Crippen molar-refractivity contribution in [2.24, 2.45) is 0 Å². The van der Waals surface area contributed by atoms with Gasteiger partial charge in [-0.15, -0.1) is 0 Å². The van der Waals surface area contributed by atoms with Gasteiger partial charge in [-0.1, -0.05) is 12.2 Å². The Labute approximate surface area is 121 Å². The zero-order chi connectivity index (χ0) is 14.4. The van der Waals surface area contributed by atoms with Crippen molar-refractivity contribution < 1.29 is 5.21 Å².